The van der Waals surface area contributed by atoms with Crippen LogP contribution in [-0.2, 0) is 22.7 Å². The average molecular weight is 415 g/mol. The van der Waals surface area contributed by atoms with E-state index >= 15 is 0 Å². The number of thiophene rings is 1. The molecule has 4 nitrogen and oxygen atoms in total. The number of nitrogens with zero attached hydrogens (tertiary/aromatic N) is 2. The van der Waals surface area contributed by atoms with Gasteiger partial charge in [0.15, 0.2) is 0 Å². The predicted octanol–water partition coefficient (Wildman–Crippen LogP) is 5.26. The summed E-state index contributed by atoms with van der Waals surface area (Å²) in [5, 5.41) is 0. The van der Waals surface area contributed by atoms with E-state index in [1.165, 1.54) is 4.88 Å². The van der Waals surface area contributed by atoms with E-state index in [1.807, 2.05) is 69.9 Å². The first kappa shape index (κ1) is 23.1. The molecule has 0 saturated heterocycles. The quantitative estimate of drug-likeness (QED) is 0.591. The van der Waals surface area contributed by atoms with E-state index in [-0.39, 0.29) is 24.4 Å². The van der Waals surface area contributed by atoms with Gasteiger partial charge in [-0.1, -0.05) is 58.0 Å². The number of aryl methyl sites for hydroxylation is 1. The lowest BCUT2D eigenvalue weighted by molar-refractivity contribution is -0.148. The zero-order chi connectivity index (χ0) is 21.6. The molecule has 0 bridgehead atoms. The van der Waals surface area contributed by atoms with Crippen LogP contribution < -0.4 is 0 Å². The van der Waals surface area contributed by atoms with Gasteiger partial charge in [0.25, 0.3) is 0 Å². The highest BCUT2D eigenvalue weighted by Crippen LogP contribution is 2.22. The van der Waals surface area contributed by atoms with Crippen molar-refractivity contribution in [2.24, 2.45) is 5.41 Å². The van der Waals surface area contributed by atoms with Crippen molar-refractivity contribution in [3.63, 3.8) is 0 Å². The van der Waals surface area contributed by atoms with E-state index in [0.29, 0.717) is 13.1 Å². The molecule has 0 saturated carbocycles. The SMILES string of the molecule is CCC(C)N(CC(=O)N(Cc1ccccc1)Cc1ccc(C)s1)C(=O)C(C)(C)C. The van der Waals surface area contributed by atoms with E-state index in [9.17, 15) is 9.59 Å². The highest BCUT2D eigenvalue weighted by Gasteiger charge is 2.32. The summed E-state index contributed by atoms with van der Waals surface area (Å²) < 4.78 is 0. The Morgan fingerprint density at radius 1 is 1.03 bits per heavy atom. The van der Waals surface area contributed by atoms with Crippen molar-refractivity contribution >= 4 is 23.2 Å². The number of benzene rings is 1. The third-order valence-corrected chi connectivity index (χ3v) is 6.03. The average Bonchev–Trinajstić information content (AvgIpc) is 3.09. The summed E-state index contributed by atoms with van der Waals surface area (Å²) in [6.45, 7) is 13.1. The number of amides is 2. The summed E-state index contributed by atoms with van der Waals surface area (Å²) in [4.78, 5) is 32.4. The number of carbonyl (C=O) groups is 2. The first-order chi connectivity index (χ1) is 13.6. The van der Waals surface area contributed by atoms with Crippen molar-refractivity contribution in [3.8, 4) is 0 Å². The van der Waals surface area contributed by atoms with Crippen LogP contribution in [0.1, 0.15) is 56.4 Å². The van der Waals surface area contributed by atoms with E-state index in [2.05, 4.69) is 19.1 Å². The van der Waals surface area contributed by atoms with Gasteiger partial charge in [-0.05, 0) is 38.0 Å². The molecule has 0 N–H and O–H groups in total. The minimum atomic E-state index is -0.515. The van der Waals surface area contributed by atoms with Gasteiger partial charge in [0.05, 0.1) is 6.54 Å². The van der Waals surface area contributed by atoms with Gasteiger partial charge < -0.3 is 9.80 Å². The van der Waals surface area contributed by atoms with Crippen LogP contribution in [0.25, 0.3) is 0 Å². The molecule has 0 spiro atoms. The van der Waals surface area contributed by atoms with Gasteiger partial charge >= 0.3 is 0 Å². The fraction of sp³-hybridized carbons (Fsp3) is 0.500. The van der Waals surface area contributed by atoms with Gasteiger partial charge in [-0.25, -0.2) is 0 Å². The maximum absolute atomic E-state index is 13.4. The first-order valence-electron chi connectivity index (χ1n) is 10.3. The summed E-state index contributed by atoms with van der Waals surface area (Å²) in [5.74, 6) is 0.00429. The fourth-order valence-corrected chi connectivity index (χ4v) is 4.03. The van der Waals surface area contributed by atoms with Gasteiger partial charge in [0, 0.05) is 27.8 Å². The van der Waals surface area contributed by atoms with Gasteiger partial charge in [-0.15, -0.1) is 11.3 Å². The fourth-order valence-electron chi connectivity index (χ4n) is 3.12. The van der Waals surface area contributed by atoms with Crippen LogP contribution in [0.5, 0.6) is 0 Å². The lowest BCUT2D eigenvalue weighted by atomic mass is 9.93. The van der Waals surface area contributed by atoms with E-state index in [0.717, 1.165) is 16.9 Å². The molecule has 1 atom stereocenters. The Bertz CT molecular complexity index is 808. The molecule has 0 aliphatic heterocycles. The molecule has 2 rings (SSSR count). The largest absolute Gasteiger partial charge is 0.332 e. The van der Waals surface area contributed by atoms with Crippen molar-refractivity contribution in [1.82, 2.24) is 9.80 Å². The molecule has 1 heterocycles. The molecule has 2 aromatic rings. The van der Waals surface area contributed by atoms with Gasteiger partial charge in [0.2, 0.25) is 11.8 Å². The molecule has 0 fully saturated rings. The maximum Gasteiger partial charge on any atom is 0.242 e. The maximum atomic E-state index is 13.4. The van der Waals surface area contributed by atoms with Crippen molar-refractivity contribution < 1.29 is 9.59 Å². The Morgan fingerprint density at radius 2 is 1.69 bits per heavy atom. The van der Waals surface area contributed by atoms with E-state index < -0.39 is 5.41 Å². The molecule has 0 aliphatic carbocycles. The molecule has 1 aromatic heterocycles. The summed E-state index contributed by atoms with van der Waals surface area (Å²) >= 11 is 1.71. The first-order valence-corrected chi connectivity index (χ1v) is 11.1. The normalized spacial score (nSPS) is 12.5. The number of hydrogen-bond donors (Lipinski definition) is 0. The minimum absolute atomic E-state index is 0.0159. The highest BCUT2D eigenvalue weighted by molar-refractivity contribution is 7.11. The molecule has 1 aromatic carbocycles. The van der Waals surface area contributed by atoms with Crippen molar-refractivity contribution in [2.75, 3.05) is 6.54 Å². The predicted molar refractivity (Wildman–Crippen MR) is 121 cm³/mol. The summed E-state index contributed by atoms with van der Waals surface area (Å²) in [6.07, 6.45) is 0.817. The van der Waals surface area contributed by atoms with Crippen LogP contribution >= 0.6 is 11.3 Å². The zero-order valence-electron chi connectivity index (χ0n) is 18.6. The topological polar surface area (TPSA) is 40.6 Å². The number of carbonyl (C=O) groups excluding carboxylic acids is 2. The Hall–Kier alpha value is -2.14. The third-order valence-electron chi connectivity index (χ3n) is 5.04. The Labute approximate surface area is 179 Å². The number of hydrogen-bond acceptors (Lipinski definition) is 3. The van der Waals surface area contributed by atoms with Crippen molar-refractivity contribution in [1.29, 1.82) is 0 Å². The van der Waals surface area contributed by atoms with Crippen LogP contribution in [0, 0.1) is 12.3 Å². The lowest BCUT2D eigenvalue weighted by Crippen LogP contribution is -2.49. The van der Waals surface area contributed by atoms with Crippen LogP contribution in [0.2, 0.25) is 0 Å². The minimum Gasteiger partial charge on any atom is -0.332 e. The standard InChI is InChI=1S/C24H34N2O2S/c1-7-18(2)26(23(28)24(4,5)6)17-22(27)25(15-20-11-9-8-10-12-20)16-21-14-13-19(3)29-21/h8-14,18H,7,15-17H2,1-6H3. The van der Waals surface area contributed by atoms with Crippen molar-refractivity contribution in [3.05, 3.63) is 57.8 Å². The molecule has 2 amide bonds. The Balaban J connectivity index is 2.24. The Morgan fingerprint density at radius 3 is 2.21 bits per heavy atom. The molecular weight excluding hydrogens is 380 g/mol. The van der Waals surface area contributed by atoms with Crippen LogP contribution in [0.15, 0.2) is 42.5 Å². The second kappa shape index (κ2) is 10.1. The van der Waals surface area contributed by atoms with Gasteiger partial charge in [-0.2, -0.15) is 0 Å². The second-order valence-corrected chi connectivity index (χ2v) is 10.1. The molecule has 29 heavy (non-hydrogen) atoms. The monoisotopic (exact) mass is 414 g/mol. The Kier molecular flexibility index (Phi) is 8.03. The zero-order valence-corrected chi connectivity index (χ0v) is 19.4. The second-order valence-electron chi connectivity index (χ2n) is 8.69. The summed E-state index contributed by atoms with van der Waals surface area (Å²) in [6, 6.07) is 14.2. The number of rotatable bonds is 8. The van der Waals surface area contributed by atoms with Crippen LogP contribution in [0.4, 0.5) is 0 Å². The van der Waals surface area contributed by atoms with Gasteiger partial charge in [-0.3, -0.25) is 9.59 Å². The van der Waals surface area contributed by atoms with Crippen LogP contribution in [-0.4, -0.2) is 34.2 Å². The van der Waals surface area contributed by atoms with Gasteiger partial charge in [0.1, 0.15) is 6.54 Å². The van der Waals surface area contributed by atoms with E-state index in [1.54, 1.807) is 16.2 Å². The molecule has 0 radical (unpaired) electrons. The molecule has 5 heteroatoms. The molecule has 0 aliphatic rings. The molecular formula is C24H34N2O2S. The summed E-state index contributed by atoms with van der Waals surface area (Å²) in [7, 11) is 0. The highest BCUT2D eigenvalue weighted by atomic mass is 32.1. The molecule has 1 unspecified atom stereocenters. The van der Waals surface area contributed by atoms with E-state index in [4.69, 9.17) is 0 Å². The molecule has 158 valence electrons. The summed E-state index contributed by atoms with van der Waals surface area (Å²) in [5.41, 5.74) is 0.574. The van der Waals surface area contributed by atoms with Crippen molar-refractivity contribution in [2.45, 2.75) is 67.1 Å². The lowest BCUT2D eigenvalue weighted by Gasteiger charge is -2.35. The smallest absolute Gasteiger partial charge is 0.242 e. The van der Waals surface area contributed by atoms with Crippen LogP contribution in [0.3, 0.4) is 0 Å². The third kappa shape index (κ3) is 6.70.